The van der Waals surface area contributed by atoms with Crippen molar-refractivity contribution in [3.05, 3.63) is 247 Å². The quantitative estimate of drug-likeness (QED) is 0.140. The molecule has 1 nitrogen and oxygen atoms in total. The molecule has 0 aliphatic heterocycles. The lowest BCUT2D eigenvalue weighted by Gasteiger charge is -2.35. The second-order valence-electron chi connectivity index (χ2n) is 17.4. The first-order valence-electron chi connectivity index (χ1n) is 23.3. The minimum atomic E-state index is 0.988. The lowest BCUT2D eigenvalue weighted by Crippen LogP contribution is -2.22. The summed E-state index contributed by atoms with van der Waals surface area (Å²) in [6.45, 7) is 4.95. The van der Waals surface area contributed by atoms with E-state index < -0.39 is 0 Å². The minimum absolute atomic E-state index is 0.988. The van der Waals surface area contributed by atoms with Gasteiger partial charge in [-0.25, -0.2) is 0 Å². The Morgan fingerprint density at radius 1 is 0.250 bits per heavy atom. The van der Waals surface area contributed by atoms with Crippen molar-refractivity contribution in [3.8, 4) is 55.6 Å². The molecule has 64 heavy (non-hydrogen) atoms. The van der Waals surface area contributed by atoms with E-state index in [1.165, 1.54) is 115 Å². The Bertz CT molecular complexity index is 2760. The summed E-state index contributed by atoms with van der Waals surface area (Å²) in [4.78, 5) is 2.55. The lowest BCUT2D eigenvalue weighted by atomic mass is 9.79. The molecule has 0 spiro atoms. The van der Waals surface area contributed by atoms with E-state index in [2.05, 4.69) is 217 Å². The Morgan fingerprint density at radius 2 is 0.531 bits per heavy atom. The van der Waals surface area contributed by atoms with Gasteiger partial charge in [-0.1, -0.05) is 201 Å². The molecule has 8 aromatic carbocycles. The summed E-state index contributed by atoms with van der Waals surface area (Å²) >= 11 is 0. The van der Waals surface area contributed by atoms with E-state index in [-0.39, 0.29) is 0 Å². The van der Waals surface area contributed by atoms with Crippen molar-refractivity contribution in [1.29, 1.82) is 0 Å². The highest BCUT2D eigenvalue weighted by Crippen LogP contribution is 2.46. The van der Waals surface area contributed by atoms with Crippen molar-refractivity contribution in [2.45, 2.75) is 57.8 Å². The number of fused-ring (bicyclic) bond motifs is 1. The molecule has 0 atom stereocenters. The van der Waals surface area contributed by atoms with E-state index in [9.17, 15) is 0 Å². The highest BCUT2D eigenvalue weighted by atomic mass is 15.2. The van der Waals surface area contributed by atoms with Gasteiger partial charge in [-0.05, 0) is 159 Å². The number of allylic oxidation sites excluding steroid dienone is 4. The summed E-state index contributed by atoms with van der Waals surface area (Å²) < 4.78 is 0. The number of nitrogens with zero attached hydrogens (tertiary/aromatic N) is 1. The molecule has 1 heteroatoms. The van der Waals surface area contributed by atoms with E-state index >= 15 is 0 Å². The molecule has 1 fully saturated rings. The molecule has 0 heterocycles. The normalized spacial score (nSPS) is 16.8. The minimum Gasteiger partial charge on any atom is -0.310 e. The van der Waals surface area contributed by atoms with Gasteiger partial charge in [-0.3, -0.25) is 0 Å². The molecule has 0 amide bonds. The molecule has 1 saturated carbocycles. The zero-order chi connectivity index (χ0) is 43.1. The summed E-state index contributed by atoms with van der Waals surface area (Å²) in [5, 5.41) is 0. The third-order valence-corrected chi connectivity index (χ3v) is 13.3. The Hall–Kier alpha value is -7.22. The van der Waals surface area contributed by atoms with Gasteiger partial charge in [0.2, 0.25) is 0 Å². The first-order chi connectivity index (χ1) is 31.7. The van der Waals surface area contributed by atoms with E-state index in [0.29, 0.717) is 0 Å². The summed E-state index contributed by atoms with van der Waals surface area (Å²) in [6.07, 6.45) is 10.1. The summed E-state index contributed by atoms with van der Waals surface area (Å²) in [7, 11) is 0. The highest BCUT2D eigenvalue weighted by Gasteiger charge is 2.28. The van der Waals surface area contributed by atoms with Crippen LogP contribution in [0.4, 0.5) is 11.4 Å². The van der Waals surface area contributed by atoms with Crippen molar-refractivity contribution < 1.29 is 0 Å². The summed E-state index contributed by atoms with van der Waals surface area (Å²) in [6, 6.07) is 77.9. The predicted octanol–water partition coefficient (Wildman–Crippen LogP) is 18.0. The monoisotopic (exact) mass is 825 g/mol. The third-order valence-electron chi connectivity index (χ3n) is 13.3. The zero-order valence-corrected chi connectivity index (χ0v) is 36.7. The number of benzene rings is 8. The Kier molecular flexibility index (Phi) is 12.1. The van der Waals surface area contributed by atoms with Gasteiger partial charge in [0.15, 0.2) is 0 Å². The van der Waals surface area contributed by atoms with Crippen LogP contribution in [0.15, 0.2) is 241 Å². The van der Waals surface area contributed by atoms with Crippen LogP contribution in [0.25, 0.3) is 61.2 Å². The van der Waals surface area contributed by atoms with E-state index in [4.69, 9.17) is 6.58 Å². The summed E-state index contributed by atoms with van der Waals surface area (Å²) in [5.41, 5.74) is 23.0. The fourth-order valence-corrected chi connectivity index (χ4v) is 9.89. The van der Waals surface area contributed by atoms with Crippen LogP contribution >= 0.6 is 0 Å². The summed E-state index contributed by atoms with van der Waals surface area (Å²) in [5.74, 6) is 0. The maximum atomic E-state index is 4.95. The Balaban J connectivity index is 1.08. The van der Waals surface area contributed by atoms with Crippen LogP contribution in [0.2, 0.25) is 0 Å². The number of anilines is 2. The smallest absolute Gasteiger partial charge is 0.0522 e. The molecule has 0 saturated heterocycles. The van der Waals surface area contributed by atoms with Crippen LogP contribution in [0, 0.1) is 0 Å². The average molecular weight is 826 g/mol. The third kappa shape index (κ3) is 8.85. The molecule has 10 rings (SSSR count). The van der Waals surface area contributed by atoms with Gasteiger partial charge in [0.1, 0.15) is 0 Å². The second kappa shape index (κ2) is 19.0. The largest absolute Gasteiger partial charge is 0.310 e. The highest BCUT2D eigenvalue weighted by molar-refractivity contribution is 5.82. The molecular weight excluding hydrogens is 771 g/mol. The first-order valence-corrected chi connectivity index (χ1v) is 23.3. The standard InChI is InChI=1S/C63H55N/c1-46-16-6-2-13-23-60(57-36-34-52(35-37-57)49-21-11-5-12-22-49)61-24-14-15-25-62(61)63(46)64(58-42-38-55(39-43-58)53-30-26-50(27-31-53)47-17-7-3-8-18-47)59-44-40-56(41-45-59)54-32-28-51(29-33-54)48-19-9-4-10-20-48/h3-5,7-12,17-22,26-45H,1-2,6,13-16,23-25H2/b61-60+,63-62+. The number of hydrogen-bond acceptors (Lipinski definition) is 1. The second-order valence-corrected chi connectivity index (χ2v) is 17.4. The van der Waals surface area contributed by atoms with Crippen molar-refractivity contribution in [1.82, 2.24) is 0 Å². The molecule has 2 aliphatic rings. The Morgan fingerprint density at radius 3 is 0.922 bits per heavy atom. The van der Waals surface area contributed by atoms with Gasteiger partial charge >= 0.3 is 0 Å². The van der Waals surface area contributed by atoms with Crippen LogP contribution in [0.5, 0.6) is 0 Å². The maximum absolute atomic E-state index is 4.95. The van der Waals surface area contributed by atoms with Crippen LogP contribution < -0.4 is 4.90 Å². The lowest BCUT2D eigenvalue weighted by molar-refractivity contribution is 0.650. The fourth-order valence-electron chi connectivity index (χ4n) is 9.89. The molecular formula is C63H55N. The molecule has 8 aromatic rings. The Labute approximate surface area is 380 Å². The molecule has 312 valence electrons. The van der Waals surface area contributed by atoms with E-state index in [0.717, 1.165) is 43.5 Å². The van der Waals surface area contributed by atoms with Crippen molar-refractivity contribution in [3.63, 3.8) is 0 Å². The number of hydrogen-bond donors (Lipinski definition) is 0. The average Bonchev–Trinajstić information content (AvgIpc) is 3.38. The molecule has 0 N–H and O–H groups in total. The fraction of sp³-hybridized carbons (Fsp3) is 0.143. The van der Waals surface area contributed by atoms with Gasteiger partial charge in [0, 0.05) is 11.4 Å². The van der Waals surface area contributed by atoms with Crippen molar-refractivity contribution in [2.75, 3.05) is 4.90 Å². The van der Waals surface area contributed by atoms with E-state index in [1.54, 1.807) is 0 Å². The molecule has 0 bridgehead atoms. The molecule has 0 unspecified atom stereocenters. The maximum Gasteiger partial charge on any atom is 0.0522 e. The van der Waals surface area contributed by atoms with Crippen molar-refractivity contribution in [2.24, 2.45) is 0 Å². The van der Waals surface area contributed by atoms with E-state index in [1.807, 2.05) is 0 Å². The SMILES string of the molecule is C=C1CCCCC/C(c2ccc(-c3ccccc3)cc2)=C2/CCCC/C2=C/1N(c1ccc(-c2ccc(-c3ccccc3)cc2)cc1)c1ccc(-c2ccc(-c3ccccc3)cc2)cc1. The molecule has 2 aliphatic carbocycles. The van der Waals surface area contributed by atoms with Gasteiger partial charge in [-0.15, -0.1) is 0 Å². The van der Waals surface area contributed by atoms with Crippen LogP contribution in [0.1, 0.15) is 63.4 Å². The first kappa shape index (κ1) is 40.8. The van der Waals surface area contributed by atoms with Crippen LogP contribution in [-0.4, -0.2) is 0 Å². The van der Waals surface area contributed by atoms with Crippen molar-refractivity contribution >= 4 is 16.9 Å². The van der Waals surface area contributed by atoms with Gasteiger partial charge in [0.25, 0.3) is 0 Å². The van der Waals surface area contributed by atoms with Crippen LogP contribution in [-0.2, 0) is 0 Å². The molecule has 0 aromatic heterocycles. The topological polar surface area (TPSA) is 3.24 Å². The van der Waals surface area contributed by atoms with Gasteiger partial charge in [0.05, 0.1) is 5.70 Å². The molecule has 0 radical (unpaired) electrons. The predicted molar refractivity (Wildman–Crippen MR) is 273 cm³/mol. The van der Waals surface area contributed by atoms with Gasteiger partial charge in [-0.2, -0.15) is 0 Å². The number of rotatable bonds is 9. The zero-order valence-electron chi connectivity index (χ0n) is 36.7. The van der Waals surface area contributed by atoms with Gasteiger partial charge < -0.3 is 4.90 Å². The van der Waals surface area contributed by atoms with Crippen LogP contribution in [0.3, 0.4) is 0 Å².